The SMILES string of the molecule is CCCCC=[NH+][O-].[Na].[Na]. The minimum atomic E-state index is 0. The van der Waals surface area contributed by atoms with Gasteiger partial charge in [0.1, 0.15) is 6.21 Å². The van der Waals surface area contributed by atoms with Gasteiger partial charge in [-0.1, -0.05) is 13.3 Å². The standard InChI is InChI=1S/C5H11NO.2Na/c1-2-3-4-5-6-7;;/h5-6H,2-4H2,1H3;;. The van der Waals surface area contributed by atoms with E-state index in [4.69, 9.17) is 0 Å². The Morgan fingerprint density at radius 3 is 2.33 bits per heavy atom. The summed E-state index contributed by atoms with van der Waals surface area (Å²) in [6.07, 6.45) is 4.68. The molecule has 4 heteroatoms. The molecule has 0 aromatic heterocycles. The van der Waals surface area contributed by atoms with E-state index in [0.29, 0.717) is 0 Å². The van der Waals surface area contributed by atoms with E-state index < -0.39 is 0 Å². The van der Waals surface area contributed by atoms with Crippen LogP contribution in [0.5, 0.6) is 0 Å². The van der Waals surface area contributed by atoms with Crippen LogP contribution in [0.3, 0.4) is 0 Å². The summed E-state index contributed by atoms with van der Waals surface area (Å²) in [6.45, 7) is 2.10. The predicted octanol–water partition coefficient (Wildman–Crippen LogP) is -0.936. The fourth-order valence-electron chi connectivity index (χ4n) is 0.365. The molecule has 0 bridgehead atoms. The predicted molar refractivity (Wildman–Crippen MR) is 41.4 cm³/mol. The summed E-state index contributed by atoms with van der Waals surface area (Å²) >= 11 is 0. The Labute approximate surface area is 101 Å². The van der Waals surface area contributed by atoms with Gasteiger partial charge >= 0.3 is 0 Å². The monoisotopic (exact) mass is 147 g/mol. The van der Waals surface area contributed by atoms with Crippen molar-refractivity contribution in [2.75, 3.05) is 0 Å². The number of hydrogen-bond donors (Lipinski definition) is 1. The Hall–Kier alpha value is 1.47. The van der Waals surface area contributed by atoms with Crippen LogP contribution in [-0.4, -0.2) is 65.3 Å². The number of hydrogen-bond acceptors (Lipinski definition) is 1. The molecule has 0 saturated carbocycles. The van der Waals surface area contributed by atoms with Gasteiger partial charge in [0.05, 0.1) is 0 Å². The quantitative estimate of drug-likeness (QED) is 0.181. The van der Waals surface area contributed by atoms with Gasteiger partial charge < -0.3 is 5.21 Å². The molecule has 0 heterocycles. The second-order valence-electron chi connectivity index (χ2n) is 1.46. The van der Waals surface area contributed by atoms with Crippen molar-refractivity contribution in [2.45, 2.75) is 26.2 Å². The molecule has 0 rings (SSSR count). The summed E-state index contributed by atoms with van der Waals surface area (Å²) in [5, 5.41) is 11.2. The van der Waals surface area contributed by atoms with Crippen LogP contribution in [0, 0.1) is 5.21 Å². The summed E-state index contributed by atoms with van der Waals surface area (Å²) in [7, 11) is 0. The van der Waals surface area contributed by atoms with Crippen molar-refractivity contribution in [2.24, 2.45) is 0 Å². The zero-order valence-corrected chi connectivity index (χ0v) is 10.6. The Balaban J connectivity index is -0.000000180. The summed E-state index contributed by atoms with van der Waals surface area (Å²) in [5.74, 6) is 0. The van der Waals surface area contributed by atoms with Crippen LogP contribution >= 0.6 is 0 Å². The van der Waals surface area contributed by atoms with Gasteiger partial charge in [-0.05, 0) is 6.42 Å². The zero-order valence-electron chi connectivity index (χ0n) is 6.61. The van der Waals surface area contributed by atoms with Crippen molar-refractivity contribution in [1.82, 2.24) is 0 Å². The van der Waals surface area contributed by atoms with Gasteiger partial charge in [-0.2, -0.15) is 0 Å². The van der Waals surface area contributed by atoms with Crippen LogP contribution in [0.4, 0.5) is 0 Å². The minimum absolute atomic E-state index is 0. The molecule has 1 N–H and O–H groups in total. The molecule has 0 atom stereocenters. The van der Waals surface area contributed by atoms with Crippen molar-refractivity contribution < 1.29 is 5.16 Å². The van der Waals surface area contributed by atoms with E-state index >= 15 is 0 Å². The number of rotatable bonds is 3. The normalized spacial score (nSPS) is 8.11. The molecule has 0 saturated heterocycles. The van der Waals surface area contributed by atoms with Gasteiger partial charge in [0.15, 0.2) is 0 Å². The first-order chi connectivity index (χ1) is 3.41. The van der Waals surface area contributed by atoms with E-state index in [-0.39, 0.29) is 59.1 Å². The maximum atomic E-state index is 9.50. The van der Waals surface area contributed by atoms with Gasteiger partial charge in [0.25, 0.3) is 0 Å². The molecule has 0 aliphatic heterocycles. The van der Waals surface area contributed by atoms with Crippen LogP contribution in [0.1, 0.15) is 26.2 Å². The van der Waals surface area contributed by atoms with E-state index in [0.717, 1.165) is 19.3 Å². The molecule has 0 spiro atoms. The van der Waals surface area contributed by atoms with Gasteiger partial charge in [0, 0.05) is 65.5 Å². The van der Waals surface area contributed by atoms with Crippen molar-refractivity contribution in [1.29, 1.82) is 0 Å². The van der Waals surface area contributed by atoms with E-state index in [1.54, 1.807) is 5.16 Å². The summed E-state index contributed by atoms with van der Waals surface area (Å²) < 4.78 is 0. The molecular weight excluding hydrogens is 136 g/mol. The fraction of sp³-hybridized carbons (Fsp3) is 0.800. The molecule has 0 fully saturated rings. The average Bonchev–Trinajstić information content (AvgIpc) is 1.69. The van der Waals surface area contributed by atoms with Crippen LogP contribution in [0.2, 0.25) is 0 Å². The Kier molecular flexibility index (Phi) is 30.3. The van der Waals surface area contributed by atoms with Crippen LogP contribution in [0.25, 0.3) is 0 Å². The minimum Gasteiger partial charge on any atom is -0.626 e. The molecule has 2 radical (unpaired) electrons. The molecule has 44 valence electrons. The topological polar surface area (TPSA) is 37.0 Å². The van der Waals surface area contributed by atoms with Crippen LogP contribution in [-0.2, 0) is 0 Å². The molecule has 2 nitrogen and oxygen atoms in total. The molecule has 0 unspecified atom stereocenters. The first-order valence-corrected chi connectivity index (χ1v) is 2.61. The first-order valence-electron chi connectivity index (χ1n) is 2.61. The molecule has 0 aromatic carbocycles. The van der Waals surface area contributed by atoms with Crippen LogP contribution < -0.4 is 5.16 Å². The largest absolute Gasteiger partial charge is 0.626 e. The smallest absolute Gasteiger partial charge is 0.148 e. The average molecular weight is 147 g/mol. The summed E-state index contributed by atoms with van der Waals surface area (Å²) in [6, 6.07) is 0. The van der Waals surface area contributed by atoms with Gasteiger partial charge in [-0.3, -0.25) is 0 Å². The number of unbranched alkanes of at least 4 members (excludes halogenated alkanes) is 2. The third kappa shape index (κ3) is 17.7. The molecule has 0 amide bonds. The fourth-order valence-corrected chi connectivity index (χ4v) is 0.365. The maximum absolute atomic E-state index is 9.50. The van der Waals surface area contributed by atoms with E-state index in [1.165, 1.54) is 6.21 Å². The van der Waals surface area contributed by atoms with Gasteiger partial charge in [-0.15, -0.1) is 0 Å². The van der Waals surface area contributed by atoms with Crippen molar-refractivity contribution >= 4 is 65.3 Å². The van der Waals surface area contributed by atoms with Gasteiger partial charge in [-0.25, -0.2) is 5.16 Å². The molecule has 9 heavy (non-hydrogen) atoms. The molecular formula is C5H11NNa2O. The van der Waals surface area contributed by atoms with Crippen molar-refractivity contribution in [3.63, 3.8) is 0 Å². The Bertz CT molecular complexity index is 58.9. The number of nitrogens with one attached hydrogen (secondary N) is 1. The zero-order chi connectivity index (χ0) is 5.54. The van der Waals surface area contributed by atoms with Gasteiger partial charge in [0.2, 0.25) is 0 Å². The van der Waals surface area contributed by atoms with Crippen molar-refractivity contribution in [3.8, 4) is 0 Å². The molecule has 0 aliphatic rings. The second-order valence-corrected chi connectivity index (χ2v) is 1.46. The first kappa shape index (κ1) is 16.8. The summed E-state index contributed by atoms with van der Waals surface area (Å²) in [5.41, 5.74) is 0. The van der Waals surface area contributed by atoms with E-state index in [1.807, 2.05) is 0 Å². The van der Waals surface area contributed by atoms with E-state index in [2.05, 4.69) is 6.92 Å². The van der Waals surface area contributed by atoms with Crippen LogP contribution in [0.15, 0.2) is 0 Å². The second kappa shape index (κ2) is 16.2. The maximum Gasteiger partial charge on any atom is 0.148 e. The third-order valence-electron chi connectivity index (χ3n) is 0.785. The molecule has 0 aromatic rings. The van der Waals surface area contributed by atoms with Crippen molar-refractivity contribution in [3.05, 3.63) is 5.21 Å². The molecule has 0 aliphatic carbocycles. The van der Waals surface area contributed by atoms with E-state index in [9.17, 15) is 5.21 Å². The Morgan fingerprint density at radius 1 is 1.44 bits per heavy atom. The third-order valence-corrected chi connectivity index (χ3v) is 0.785. The summed E-state index contributed by atoms with van der Waals surface area (Å²) in [4.78, 5) is 0. The Morgan fingerprint density at radius 2 is 2.00 bits per heavy atom.